The second-order valence-electron chi connectivity index (χ2n) is 7.31. The molecule has 0 bridgehead atoms. The highest BCUT2D eigenvalue weighted by atomic mass is 32.2. The van der Waals surface area contributed by atoms with Crippen molar-refractivity contribution in [3.63, 3.8) is 0 Å². The molecule has 11 nitrogen and oxygen atoms in total. The third-order valence-electron chi connectivity index (χ3n) is 5.21. The molecule has 2 aromatic heterocycles. The van der Waals surface area contributed by atoms with Gasteiger partial charge in [-0.15, -0.1) is 5.10 Å². The van der Waals surface area contributed by atoms with Crippen molar-refractivity contribution >= 4 is 35.3 Å². The van der Waals surface area contributed by atoms with Crippen LogP contribution in [0.1, 0.15) is 16.1 Å². The van der Waals surface area contributed by atoms with Crippen molar-refractivity contribution in [2.45, 2.75) is 11.6 Å². The Morgan fingerprint density at radius 1 is 1.27 bits per heavy atom. The van der Waals surface area contributed by atoms with Crippen LogP contribution in [-0.4, -0.2) is 77.0 Å². The van der Waals surface area contributed by atoms with E-state index in [4.69, 9.17) is 0 Å². The van der Waals surface area contributed by atoms with Crippen LogP contribution in [0.4, 0.5) is 16.3 Å². The number of carbonyl (C=O) groups excluding carboxylic acids is 2. The van der Waals surface area contributed by atoms with E-state index < -0.39 is 6.09 Å². The molecule has 172 valence electrons. The SMILES string of the molecule is COC(=O)NCCc1cn(-c2cccc(N3CCN(C)c4nc(SC)ncc4C3=O)c2)nn1. The first-order valence-electron chi connectivity index (χ1n) is 10.3. The molecule has 0 fully saturated rings. The van der Waals surface area contributed by atoms with Gasteiger partial charge in [-0.25, -0.2) is 19.4 Å². The molecule has 0 spiro atoms. The van der Waals surface area contributed by atoms with E-state index in [1.807, 2.05) is 42.5 Å². The normalized spacial score (nSPS) is 13.5. The zero-order chi connectivity index (χ0) is 23.4. The van der Waals surface area contributed by atoms with E-state index in [-0.39, 0.29) is 5.91 Å². The van der Waals surface area contributed by atoms with Crippen LogP contribution in [0.15, 0.2) is 41.8 Å². The number of benzene rings is 1. The van der Waals surface area contributed by atoms with Crippen molar-refractivity contribution in [3.8, 4) is 5.69 Å². The number of thioether (sulfide) groups is 1. The van der Waals surface area contributed by atoms with Gasteiger partial charge in [0.05, 0.1) is 24.7 Å². The smallest absolute Gasteiger partial charge is 0.406 e. The number of anilines is 2. The Balaban J connectivity index is 1.55. The Morgan fingerprint density at radius 2 is 2.09 bits per heavy atom. The van der Waals surface area contributed by atoms with E-state index in [0.717, 1.165) is 17.1 Å². The molecule has 1 aliphatic rings. The van der Waals surface area contributed by atoms with Crippen molar-refractivity contribution in [2.24, 2.45) is 0 Å². The third-order valence-corrected chi connectivity index (χ3v) is 5.77. The van der Waals surface area contributed by atoms with E-state index in [0.29, 0.717) is 42.6 Å². The van der Waals surface area contributed by atoms with Gasteiger partial charge >= 0.3 is 6.09 Å². The quantitative estimate of drug-likeness (QED) is 0.426. The number of ether oxygens (including phenoxy) is 1. The molecule has 0 aliphatic carbocycles. The molecule has 0 atom stereocenters. The highest BCUT2D eigenvalue weighted by molar-refractivity contribution is 7.98. The highest BCUT2D eigenvalue weighted by Gasteiger charge is 2.28. The number of fused-ring (bicyclic) bond motifs is 1. The molecule has 2 amide bonds. The Morgan fingerprint density at radius 3 is 2.88 bits per heavy atom. The van der Waals surface area contributed by atoms with Crippen molar-refractivity contribution in [1.82, 2.24) is 30.3 Å². The van der Waals surface area contributed by atoms with Crippen LogP contribution in [0.2, 0.25) is 0 Å². The summed E-state index contributed by atoms with van der Waals surface area (Å²) in [6.45, 7) is 1.53. The van der Waals surface area contributed by atoms with Crippen LogP contribution >= 0.6 is 11.8 Å². The van der Waals surface area contributed by atoms with Crippen molar-refractivity contribution in [3.05, 3.63) is 47.9 Å². The number of carbonyl (C=O) groups is 2. The maximum atomic E-state index is 13.4. The summed E-state index contributed by atoms with van der Waals surface area (Å²) in [6, 6.07) is 7.55. The molecule has 0 radical (unpaired) electrons. The van der Waals surface area contributed by atoms with Crippen molar-refractivity contribution in [1.29, 1.82) is 0 Å². The largest absolute Gasteiger partial charge is 0.453 e. The molecule has 0 saturated carbocycles. The number of aromatic nitrogens is 5. The van der Waals surface area contributed by atoms with Gasteiger partial charge in [-0.3, -0.25) is 4.79 Å². The fourth-order valence-electron chi connectivity index (χ4n) is 3.45. The van der Waals surface area contributed by atoms with E-state index in [1.54, 1.807) is 22.0 Å². The predicted octanol–water partition coefficient (Wildman–Crippen LogP) is 1.77. The monoisotopic (exact) mass is 468 g/mol. The van der Waals surface area contributed by atoms with Crippen LogP contribution in [0.5, 0.6) is 0 Å². The number of nitrogens with zero attached hydrogens (tertiary/aromatic N) is 7. The molecular formula is C21H24N8O3S. The molecule has 1 aliphatic heterocycles. The predicted molar refractivity (Wildman–Crippen MR) is 124 cm³/mol. The lowest BCUT2D eigenvalue weighted by molar-refractivity contribution is 0.0989. The van der Waals surface area contributed by atoms with Crippen LogP contribution in [0.25, 0.3) is 5.69 Å². The van der Waals surface area contributed by atoms with Crippen LogP contribution in [-0.2, 0) is 11.2 Å². The number of hydrogen-bond acceptors (Lipinski definition) is 9. The van der Waals surface area contributed by atoms with Gasteiger partial charge in [-0.1, -0.05) is 23.0 Å². The first kappa shape index (κ1) is 22.5. The minimum atomic E-state index is -0.487. The standard InChI is InChI=1S/C21H24N8O3S/c1-27-9-10-28(19(30)17-12-23-20(33-3)24-18(17)27)15-5-4-6-16(11-15)29-13-14(25-26-29)7-8-22-21(31)32-2/h4-6,11-13H,7-10H2,1-3H3,(H,22,31). The lowest BCUT2D eigenvalue weighted by atomic mass is 10.2. The van der Waals surface area contributed by atoms with Crippen LogP contribution in [0, 0.1) is 0 Å². The van der Waals surface area contributed by atoms with E-state index in [1.165, 1.54) is 18.9 Å². The maximum absolute atomic E-state index is 13.4. The van der Waals surface area contributed by atoms with Gasteiger partial charge in [0.2, 0.25) is 0 Å². The van der Waals surface area contributed by atoms with Gasteiger partial charge in [0.1, 0.15) is 11.4 Å². The molecular weight excluding hydrogens is 444 g/mol. The van der Waals surface area contributed by atoms with Crippen molar-refractivity contribution < 1.29 is 14.3 Å². The van der Waals surface area contributed by atoms with Gasteiger partial charge in [-0.05, 0) is 24.5 Å². The van der Waals surface area contributed by atoms with Crippen LogP contribution < -0.4 is 15.1 Å². The first-order valence-corrected chi connectivity index (χ1v) is 11.5. The summed E-state index contributed by atoms with van der Waals surface area (Å²) >= 11 is 1.44. The zero-order valence-corrected chi connectivity index (χ0v) is 19.4. The summed E-state index contributed by atoms with van der Waals surface area (Å²) in [6.07, 6.45) is 5.33. The fraction of sp³-hybridized carbons (Fsp3) is 0.333. The molecule has 12 heteroatoms. The molecule has 0 unspecified atom stereocenters. The Kier molecular flexibility index (Phi) is 6.73. The average Bonchev–Trinajstić information content (AvgIpc) is 3.28. The summed E-state index contributed by atoms with van der Waals surface area (Å²) < 4.78 is 6.20. The summed E-state index contributed by atoms with van der Waals surface area (Å²) in [5, 5.41) is 11.6. The Labute approximate surface area is 195 Å². The zero-order valence-electron chi connectivity index (χ0n) is 18.6. The highest BCUT2D eigenvalue weighted by Crippen LogP contribution is 2.27. The average molecular weight is 469 g/mol. The van der Waals surface area contributed by atoms with Gasteiger partial charge in [-0.2, -0.15) is 0 Å². The molecule has 1 aromatic carbocycles. The lowest BCUT2D eigenvalue weighted by Crippen LogP contribution is -2.33. The summed E-state index contributed by atoms with van der Waals surface area (Å²) in [4.78, 5) is 37.1. The summed E-state index contributed by atoms with van der Waals surface area (Å²) in [7, 11) is 3.24. The van der Waals surface area contributed by atoms with Crippen molar-refractivity contribution in [2.75, 3.05) is 49.8 Å². The van der Waals surface area contributed by atoms with E-state index >= 15 is 0 Å². The molecule has 0 saturated heterocycles. The summed E-state index contributed by atoms with van der Waals surface area (Å²) in [5.41, 5.74) is 2.71. The topological polar surface area (TPSA) is 118 Å². The number of nitrogens with one attached hydrogen (secondary N) is 1. The van der Waals surface area contributed by atoms with E-state index in [2.05, 4.69) is 30.3 Å². The molecule has 3 heterocycles. The number of alkyl carbamates (subject to hydrolysis) is 1. The molecule has 1 N–H and O–H groups in total. The minimum absolute atomic E-state index is 0.146. The number of methoxy groups -OCH3 is 1. The minimum Gasteiger partial charge on any atom is -0.453 e. The van der Waals surface area contributed by atoms with Gasteiger partial charge in [0.15, 0.2) is 5.16 Å². The second kappa shape index (κ2) is 9.86. The number of likely N-dealkylation sites (N-methyl/N-ethyl adjacent to an activating group) is 1. The van der Waals surface area contributed by atoms with E-state index in [9.17, 15) is 9.59 Å². The second-order valence-corrected chi connectivity index (χ2v) is 8.09. The van der Waals surface area contributed by atoms with Gasteiger partial charge in [0.25, 0.3) is 5.91 Å². The fourth-order valence-corrected chi connectivity index (χ4v) is 3.79. The molecule has 33 heavy (non-hydrogen) atoms. The number of rotatable bonds is 6. The van der Waals surface area contributed by atoms with Crippen LogP contribution in [0.3, 0.4) is 0 Å². The van der Waals surface area contributed by atoms with Gasteiger partial charge in [0, 0.05) is 45.0 Å². The first-order chi connectivity index (χ1) is 16.0. The van der Waals surface area contributed by atoms with Gasteiger partial charge < -0.3 is 19.9 Å². The Bertz CT molecular complexity index is 1170. The summed E-state index contributed by atoms with van der Waals surface area (Å²) in [5.74, 6) is 0.492. The number of hydrogen-bond donors (Lipinski definition) is 1. The third kappa shape index (κ3) is 4.90. The lowest BCUT2D eigenvalue weighted by Gasteiger charge is -2.21. The molecule has 4 rings (SSSR count). The molecule has 3 aromatic rings. The maximum Gasteiger partial charge on any atom is 0.406 e. The Hall–Kier alpha value is -3.67. The number of amides is 2.